The minimum absolute atomic E-state index is 0.0205. The number of carbonyl (C=O) groups is 1. The van der Waals surface area contributed by atoms with Gasteiger partial charge < -0.3 is 19.5 Å². The molecule has 1 atom stereocenters. The van der Waals surface area contributed by atoms with Crippen molar-refractivity contribution in [3.05, 3.63) is 22.2 Å². The molecule has 1 heterocycles. The second-order valence-electron chi connectivity index (χ2n) is 5.37. The molecule has 0 aromatic heterocycles. The van der Waals surface area contributed by atoms with Gasteiger partial charge in [0.25, 0.3) is 0 Å². The maximum Gasteiger partial charge on any atom is 0.224 e. The number of nitrogens with one attached hydrogen (secondary N) is 1. The Kier molecular flexibility index (Phi) is 7.17. The largest absolute Gasteiger partial charge is 0.490 e. The average molecular weight is 386 g/mol. The van der Waals surface area contributed by atoms with Crippen molar-refractivity contribution in [2.24, 2.45) is 0 Å². The van der Waals surface area contributed by atoms with E-state index in [0.717, 1.165) is 29.5 Å². The fourth-order valence-corrected chi connectivity index (χ4v) is 2.98. The molecule has 6 heteroatoms. The zero-order valence-electron chi connectivity index (χ0n) is 13.7. The SMILES string of the molecule is CCOc1cc(Br)c(CC(=O)NCC2CCCO2)cc1OCC. The lowest BCUT2D eigenvalue weighted by Gasteiger charge is -2.15. The predicted octanol–water partition coefficient (Wildman–Crippen LogP) is 3.08. The summed E-state index contributed by atoms with van der Waals surface area (Å²) in [6.45, 7) is 6.33. The Morgan fingerprint density at radius 1 is 1.30 bits per heavy atom. The van der Waals surface area contributed by atoms with Gasteiger partial charge in [-0.25, -0.2) is 0 Å². The van der Waals surface area contributed by atoms with Gasteiger partial charge in [0.1, 0.15) is 0 Å². The molecule has 128 valence electrons. The second-order valence-corrected chi connectivity index (χ2v) is 6.23. The van der Waals surface area contributed by atoms with Crippen molar-refractivity contribution in [2.45, 2.75) is 39.2 Å². The summed E-state index contributed by atoms with van der Waals surface area (Å²) in [6.07, 6.45) is 2.53. The smallest absolute Gasteiger partial charge is 0.224 e. The van der Waals surface area contributed by atoms with Gasteiger partial charge in [0.2, 0.25) is 5.91 Å². The minimum Gasteiger partial charge on any atom is -0.490 e. The molecule has 1 aromatic carbocycles. The van der Waals surface area contributed by atoms with Crippen LogP contribution in [0.4, 0.5) is 0 Å². The Bertz CT molecular complexity index is 530. The first-order valence-electron chi connectivity index (χ1n) is 8.10. The molecule has 0 aliphatic carbocycles. The van der Waals surface area contributed by atoms with Crippen LogP contribution in [0.3, 0.4) is 0 Å². The Balaban J connectivity index is 1.99. The van der Waals surface area contributed by atoms with Crippen LogP contribution >= 0.6 is 15.9 Å². The summed E-state index contributed by atoms with van der Waals surface area (Å²) < 4.78 is 17.5. The van der Waals surface area contributed by atoms with Crippen LogP contribution in [0.15, 0.2) is 16.6 Å². The molecule has 1 unspecified atom stereocenters. The van der Waals surface area contributed by atoms with E-state index in [4.69, 9.17) is 14.2 Å². The Hall–Kier alpha value is -1.27. The first-order chi connectivity index (χ1) is 11.1. The topological polar surface area (TPSA) is 56.8 Å². The average Bonchev–Trinajstić information content (AvgIpc) is 3.03. The lowest BCUT2D eigenvalue weighted by atomic mass is 10.1. The summed E-state index contributed by atoms with van der Waals surface area (Å²) >= 11 is 3.51. The lowest BCUT2D eigenvalue weighted by molar-refractivity contribution is -0.120. The van der Waals surface area contributed by atoms with Gasteiger partial charge in [-0.2, -0.15) is 0 Å². The summed E-state index contributed by atoms with van der Waals surface area (Å²) in [6, 6.07) is 3.72. The maximum atomic E-state index is 12.1. The number of benzene rings is 1. The number of hydrogen-bond donors (Lipinski definition) is 1. The number of amides is 1. The molecule has 2 rings (SSSR count). The fraction of sp³-hybridized carbons (Fsp3) is 0.588. The molecule has 1 aliphatic heterocycles. The third kappa shape index (κ3) is 5.39. The maximum absolute atomic E-state index is 12.1. The minimum atomic E-state index is -0.0205. The number of halogens is 1. The van der Waals surface area contributed by atoms with E-state index in [1.54, 1.807) is 0 Å². The molecule has 0 saturated carbocycles. The molecule has 1 saturated heterocycles. The van der Waals surface area contributed by atoms with Crippen LogP contribution in [-0.2, 0) is 16.0 Å². The summed E-state index contributed by atoms with van der Waals surface area (Å²) in [4.78, 5) is 12.1. The van der Waals surface area contributed by atoms with Crippen LogP contribution in [0.25, 0.3) is 0 Å². The van der Waals surface area contributed by atoms with Crippen molar-refractivity contribution in [2.75, 3.05) is 26.4 Å². The highest BCUT2D eigenvalue weighted by Crippen LogP contribution is 2.34. The molecule has 1 N–H and O–H groups in total. The standard InChI is InChI=1S/C17H24BrNO4/c1-3-21-15-8-12(14(18)10-16(15)22-4-2)9-17(20)19-11-13-6-5-7-23-13/h8,10,13H,3-7,9,11H2,1-2H3,(H,19,20). The number of rotatable bonds is 8. The fourth-order valence-electron chi connectivity index (χ4n) is 2.52. The van der Waals surface area contributed by atoms with Crippen molar-refractivity contribution in [1.29, 1.82) is 0 Å². The molecular weight excluding hydrogens is 362 g/mol. The first kappa shape index (κ1) is 18.1. The molecule has 1 fully saturated rings. The van der Waals surface area contributed by atoms with Crippen LogP contribution in [0.2, 0.25) is 0 Å². The lowest BCUT2D eigenvalue weighted by Crippen LogP contribution is -2.32. The zero-order chi connectivity index (χ0) is 16.7. The van der Waals surface area contributed by atoms with E-state index < -0.39 is 0 Å². The molecule has 23 heavy (non-hydrogen) atoms. The molecule has 1 amide bonds. The molecule has 0 radical (unpaired) electrons. The summed E-state index contributed by atoms with van der Waals surface area (Å²) in [5, 5.41) is 2.93. The van der Waals surface area contributed by atoms with Crippen LogP contribution in [0.5, 0.6) is 11.5 Å². The normalized spacial score (nSPS) is 17.1. The third-order valence-electron chi connectivity index (χ3n) is 3.61. The summed E-state index contributed by atoms with van der Waals surface area (Å²) in [5.74, 6) is 1.33. The highest BCUT2D eigenvalue weighted by Gasteiger charge is 2.17. The molecule has 1 aliphatic rings. The highest BCUT2D eigenvalue weighted by atomic mass is 79.9. The van der Waals surface area contributed by atoms with Gasteiger partial charge in [0.05, 0.1) is 25.7 Å². The quantitative estimate of drug-likeness (QED) is 0.746. The van der Waals surface area contributed by atoms with Crippen molar-refractivity contribution in [3.63, 3.8) is 0 Å². The Morgan fingerprint density at radius 2 is 2.00 bits per heavy atom. The number of hydrogen-bond acceptors (Lipinski definition) is 4. The molecule has 0 spiro atoms. The van der Waals surface area contributed by atoms with Crippen molar-refractivity contribution in [3.8, 4) is 11.5 Å². The van der Waals surface area contributed by atoms with Gasteiger partial charge >= 0.3 is 0 Å². The summed E-state index contributed by atoms with van der Waals surface area (Å²) in [5.41, 5.74) is 0.877. The van der Waals surface area contributed by atoms with Crippen molar-refractivity contribution in [1.82, 2.24) is 5.32 Å². The van der Waals surface area contributed by atoms with Crippen LogP contribution in [0.1, 0.15) is 32.3 Å². The molecule has 1 aromatic rings. The predicted molar refractivity (Wildman–Crippen MR) is 92.2 cm³/mol. The van der Waals surface area contributed by atoms with E-state index in [2.05, 4.69) is 21.2 Å². The van der Waals surface area contributed by atoms with E-state index in [1.165, 1.54) is 0 Å². The van der Waals surface area contributed by atoms with Crippen LogP contribution in [0, 0.1) is 0 Å². The van der Waals surface area contributed by atoms with E-state index in [0.29, 0.717) is 37.7 Å². The molecule has 5 nitrogen and oxygen atoms in total. The van der Waals surface area contributed by atoms with Crippen molar-refractivity contribution >= 4 is 21.8 Å². The van der Waals surface area contributed by atoms with Gasteiger partial charge in [-0.05, 0) is 44.4 Å². The Labute approximate surface area is 145 Å². The van der Waals surface area contributed by atoms with E-state index >= 15 is 0 Å². The summed E-state index contributed by atoms with van der Waals surface area (Å²) in [7, 11) is 0. The van der Waals surface area contributed by atoms with Gasteiger partial charge in [-0.3, -0.25) is 4.79 Å². The van der Waals surface area contributed by atoms with Gasteiger partial charge in [0.15, 0.2) is 11.5 Å². The van der Waals surface area contributed by atoms with Gasteiger partial charge in [-0.15, -0.1) is 0 Å². The first-order valence-corrected chi connectivity index (χ1v) is 8.89. The van der Waals surface area contributed by atoms with Crippen molar-refractivity contribution < 1.29 is 19.0 Å². The highest BCUT2D eigenvalue weighted by molar-refractivity contribution is 9.10. The zero-order valence-corrected chi connectivity index (χ0v) is 15.3. The van der Waals surface area contributed by atoms with E-state index in [9.17, 15) is 4.79 Å². The number of ether oxygens (including phenoxy) is 3. The van der Waals surface area contributed by atoms with Crippen LogP contribution < -0.4 is 14.8 Å². The van der Waals surface area contributed by atoms with E-state index in [1.807, 2.05) is 26.0 Å². The number of carbonyl (C=O) groups excluding carboxylic acids is 1. The Morgan fingerprint density at radius 3 is 2.61 bits per heavy atom. The molecular formula is C17H24BrNO4. The monoisotopic (exact) mass is 385 g/mol. The third-order valence-corrected chi connectivity index (χ3v) is 4.35. The molecule has 0 bridgehead atoms. The second kappa shape index (κ2) is 9.13. The van der Waals surface area contributed by atoms with Gasteiger partial charge in [0, 0.05) is 17.6 Å². The van der Waals surface area contributed by atoms with Crippen LogP contribution in [-0.4, -0.2) is 38.4 Å². The van der Waals surface area contributed by atoms with E-state index in [-0.39, 0.29) is 12.0 Å². The van der Waals surface area contributed by atoms with Gasteiger partial charge in [-0.1, -0.05) is 15.9 Å².